The van der Waals surface area contributed by atoms with Crippen LogP contribution < -0.4 is 0 Å². The Morgan fingerprint density at radius 1 is 1.73 bits per heavy atom. The summed E-state index contributed by atoms with van der Waals surface area (Å²) >= 11 is 0. The normalized spacial score (nSPS) is 12.5. The highest BCUT2D eigenvalue weighted by Gasteiger charge is 2.09. The molecule has 0 aliphatic carbocycles. The van der Waals surface area contributed by atoms with E-state index in [1.165, 1.54) is 0 Å². The predicted molar refractivity (Wildman–Crippen MR) is 49.7 cm³/mol. The van der Waals surface area contributed by atoms with Crippen molar-refractivity contribution in [1.82, 2.24) is 0 Å². The molecule has 0 spiro atoms. The van der Waals surface area contributed by atoms with Crippen molar-refractivity contribution < 1.29 is 9.53 Å². The molecule has 3 heteroatoms. The molecule has 1 atom stereocenters. The van der Waals surface area contributed by atoms with E-state index in [9.17, 15) is 4.79 Å². The van der Waals surface area contributed by atoms with Crippen molar-refractivity contribution in [2.24, 2.45) is 0 Å². The Bertz CT molecular complexity index is 150. The molecule has 0 saturated heterocycles. The van der Waals surface area contributed by atoms with E-state index in [4.69, 9.17) is 4.74 Å². The fourth-order valence-corrected chi connectivity index (χ4v) is 1.45. The van der Waals surface area contributed by atoms with Crippen LogP contribution in [0, 0.1) is 0 Å². The highest BCUT2D eigenvalue weighted by Crippen LogP contribution is 2.04. The number of carbonyl (C=O) groups is 1. The van der Waals surface area contributed by atoms with Crippen LogP contribution in [-0.4, -0.2) is 22.3 Å². The Balaban J connectivity index is 3.81. The van der Waals surface area contributed by atoms with Crippen molar-refractivity contribution in [3.63, 3.8) is 0 Å². The molecule has 0 aliphatic heterocycles. The average Bonchev–Trinajstić information content (AvgIpc) is 1.99. The van der Waals surface area contributed by atoms with Gasteiger partial charge in [-0.2, -0.15) is 0 Å². The van der Waals surface area contributed by atoms with Gasteiger partial charge in [0.1, 0.15) is 0 Å². The summed E-state index contributed by atoms with van der Waals surface area (Å²) in [4.78, 5) is 11.0. The molecule has 0 bridgehead atoms. The molecule has 0 aromatic carbocycles. The van der Waals surface area contributed by atoms with Crippen molar-refractivity contribution in [2.45, 2.75) is 32.4 Å². The second kappa shape index (κ2) is 5.13. The summed E-state index contributed by atoms with van der Waals surface area (Å²) in [5, 5.41) is 0. The van der Waals surface area contributed by atoms with Gasteiger partial charge in [-0.05, 0) is 19.4 Å². The summed E-state index contributed by atoms with van der Waals surface area (Å²) in [6.07, 6.45) is 1.02. The van der Waals surface area contributed by atoms with Crippen LogP contribution in [0.5, 0.6) is 0 Å². The maximum absolute atomic E-state index is 11.0. The molecule has 0 aliphatic rings. The van der Waals surface area contributed by atoms with E-state index in [2.05, 4.69) is 6.58 Å². The number of carbonyl (C=O) groups excluding carboxylic acids is 1. The van der Waals surface area contributed by atoms with Gasteiger partial charge in [0.25, 0.3) is 0 Å². The Morgan fingerprint density at radius 2 is 2.27 bits per heavy atom. The van der Waals surface area contributed by atoms with Crippen LogP contribution in [0.15, 0.2) is 12.2 Å². The van der Waals surface area contributed by atoms with E-state index < -0.39 is 0 Å². The third-order valence-electron chi connectivity index (χ3n) is 1.53. The summed E-state index contributed by atoms with van der Waals surface area (Å²) < 4.78 is 5.11. The summed E-state index contributed by atoms with van der Waals surface area (Å²) in [6.45, 7) is 7.20. The van der Waals surface area contributed by atoms with Gasteiger partial charge in [0.05, 0.1) is 6.10 Å². The van der Waals surface area contributed by atoms with Crippen molar-refractivity contribution in [3.05, 3.63) is 12.2 Å². The first-order chi connectivity index (χ1) is 5.11. The SMILES string of the molecule is C=C(C)C(=O)OC(CC)C[SiH3]. The summed E-state index contributed by atoms with van der Waals surface area (Å²) in [5.74, 6) is -0.257. The summed E-state index contributed by atoms with van der Waals surface area (Å²) in [5.41, 5.74) is 0.485. The van der Waals surface area contributed by atoms with Crippen LogP contribution in [-0.2, 0) is 9.53 Å². The molecule has 0 aromatic rings. The lowest BCUT2D eigenvalue weighted by Gasteiger charge is -2.13. The first-order valence-electron chi connectivity index (χ1n) is 3.98. The first-order valence-corrected chi connectivity index (χ1v) is 5.39. The number of hydrogen-bond donors (Lipinski definition) is 0. The van der Waals surface area contributed by atoms with E-state index in [1.807, 2.05) is 6.92 Å². The minimum atomic E-state index is -0.257. The van der Waals surface area contributed by atoms with Crippen LogP contribution in [0.25, 0.3) is 0 Å². The van der Waals surface area contributed by atoms with Crippen LogP contribution in [0.1, 0.15) is 20.3 Å². The fourth-order valence-electron chi connectivity index (χ4n) is 0.707. The highest BCUT2D eigenvalue weighted by atomic mass is 28.1. The lowest BCUT2D eigenvalue weighted by molar-refractivity contribution is -0.143. The second-order valence-corrected chi connectivity index (χ2v) is 3.44. The van der Waals surface area contributed by atoms with Gasteiger partial charge >= 0.3 is 5.97 Å². The summed E-state index contributed by atoms with van der Waals surface area (Å²) in [7, 11) is 1.08. The highest BCUT2D eigenvalue weighted by molar-refractivity contribution is 6.09. The van der Waals surface area contributed by atoms with Gasteiger partial charge in [-0.25, -0.2) is 4.79 Å². The molecule has 64 valence electrons. The van der Waals surface area contributed by atoms with E-state index in [0.29, 0.717) is 5.57 Å². The van der Waals surface area contributed by atoms with Crippen molar-refractivity contribution in [3.8, 4) is 0 Å². The first kappa shape index (κ1) is 10.4. The van der Waals surface area contributed by atoms with Crippen LogP contribution >= 0.6 is 0 Å². The van der Waals surface area contributed by atoms with Gasteiger partial charge in [0.2, 0.25) is 0 Å². The Kier molecular flexibility index (Phi) is 4.86. The lowest BCUT2D eigenvalue weighted by Crippen LogP contribution is -2.16. The number of hydrogen-bond acceptors (Lipinski definition) is 2. The van der Waals surface area contributed by atoms with Crippen LogP contribution in [0.2, 0.25) is 6.04 Å². The minimum Gasteiger partial charge on any atom is -0.459 e. The molecular weight excluding hydrogens is 156 g/mol. The molecule has 0 N–H and O–H groups in total. The third-order valence-corrected chi connectivity index (χ3v) is 2.44. The second-order valence-electron chi connectivity index (χ2n) is 2.62. The van der Waals surface area contributed by atoms with E-state index in [0.717, 1.165) is 22.7 Å². The number of ether oxygens (including phenoxy) is 1. The fraction of sp³-hybridized carbons (Fsp3) is 0.625. The topological polar surface area (TPSA) is 26.3 Å². The zero-order valence-electron chi connectivity index (χ0n) is 7.52. The predicted octanol–water partition coefficient (Wildman–Crippen LogP) is 0.668. The van der Waals surface area contributed by atoms with Crippen LogP contribution in [0.4, 0.5) is 0 Å². The molecule has 0 aromatic heterocycles. The van der Waals surface area contributed by atoms with E-state index >= 15 is 0 Å². The zero-order valence-corrected chi connectivity index (χ0v) is 9.52. The lowest BCUT2D eigenvalue weighted by atomic mass is 10.3. The van der Waals surface area contributed by atoms with Gasteiger partial charge in [0, 0.05) is 15.8 Å². The Morgan fingerprint density at radius 3 is 2.55 bits per heavy atom. The third kappa shape index (κ3) is 3.98. The maximum atomic E-state index is 11.0. The van der Waals surface area contributed by atoms with Crippen molar-refractivity contribution >= 4 is 16.2 Å². The monoisotopic (exact) mass is 172 g/mol. The molecule has 0 fully saturated rings. The molecule has 1 unspecified atom stereocenters. The van der Waals surface area contributed by atoms with Gasteiger partial charge in [-0.15, -0.1) is 0 Å². The van der Waals surface area contributed by atoms with Gasteiger partial charge in [-0.1, -0.05) is 13.5 Å². The quantitative estimate of drug-likeness (QED) is 0.354. The molecule has 0 radical (unpaired) electrons. The molecule has 11 heavy (non-hydrogen) atoms. The minimum absolute atomic E-state index is 0.117. The zero-order chi connectivity index (χ0) is 8.85. The summed E-state index contributed by atoms with van der Waals surface area (Å²) in [6, 6.07) is 1.01. The smallest absolute Gasteiger partial charge is 0.333 e. The van der Waals surface area contributed by atoms with Gasteiger partial charge in [-0.3, -0.25) is 0 Å². The van der Waals surface area contributed by atoms with E-state index in [1.54, 1.807) is 6.92 Å². The Labute approximate surface area is 71.1 Å². The largest absolute Gasteiger partial charge is 0.459 e. The molecule has 0 amide bonds. The maximum Gasteiger partial charge on any atom is 0.333 e. The standard InChI is InChI=1S/C8H16O2Si/c1-4-7(5-11)10-8(9)6(2)3/h7H,2,4-5H2,1,3,11H3. The molecule has 0 rings (SSSR count). The molecule has 0 saturated carbocycles. The molecular formula is C8H16O2Si. The molecule has 2 nitrogen and oxygen atoms in total. The van der Waals surface area contributed by atoms with Crippen LogP contribution in [0.3, 0.4) is 0 Å². The van der Waals surface area contributed by atoms with Crippen molar-refractivity contribution in [1.29, 1.82) is 0 Å². The van der Waals surface area contributed by atoms with E-state index in [-0.39, 0.29) is 12.1 Å². The van der Waals surface area contributed by atoms with Crippen molar-refractivity contribution in [2.75, 3.05) is 0 Å². The number of rotatable bonds is 4. The molecule has 0 heterocycles. The van der Waals surface area contributed by atoms with Gasteiger partial charge in [0.15, 0.2) is 0 Å². The number of esters is 1. The van der Waals surface area contributed by atoms with Gasteiger partial charge < -0.3 is 4.74 Å². The average molecular weight is 172 g/mol. The Hall–Kier alpha value is -0.573.